The Labute approximate surface area is 136 Å². The maximum Gasteiger partial charge on any atom is 0.0346 e. The van der Waals surface area contributed by atoms with E-state index < -0.39 is 0 Å². The van der Waals surface area contributed by atoms with Crippen LogP contribution in [0.4, 0.5) is 5.69 Å². The van der Waals surface area contributed by atoms with Gasteiger partial charge in [-0.1, -0.05) is 30.3 Å². The zero-order chi connectivity index (χ0) is 15.4. The highest BCUT2D eigenvalue weighted by atomic mass is 32.1. The molecule has 0 bridgehead atoms. The average Bonchev–Trinajstić information content (AvgIpc) is 2.95. The lowest BCUT2D eigenvalue weighted by molar-refractivity contribution is 0.562. The minimum absolute atomic E-state index is 0.386. The summed E-state index contributed by atoms with van der Waals surface area (Å²) >= 11 is 1.83. The van der Waals surface area contributed by atoms with E-state index in [1.807, 2.05) is 23.5 Å². The highest BCUT2D eigenvalue weighted by molar-refractivity contribution is 7.17. The molecule has 2 aromatic carbocycles. The number of aryl methyl sites for hydroxylation is 1. The molecular formula is C19H22N2S. The fourth-order valence-electron chi connectivity index (χ4n) is 2.80. The Kier molecular flexibility index (Phi) is 4.76. The van der Waals surface area contributed by atoms with Crippen molar-refractivity contribution in [3.8, 4) is 0 Å². The Morgan fingerprint density at radius 2 is 2.00 bits per heavy atom. The zero-order valence-corrected chi connectivity index (χ0v) is 13.7. The summed E-state index contributed by atoms with van der Waals surface area (Å²) in [5.74, 6) is 0. The van der Waals surface area contributed by atoms with Crippen molar-refractivity contribution in [3.05, 3.63) is 65.0 Å². The van der Waals surface area contributed by atoms with Gasteiger partial charge in [0.15, 0.2) is 0 Å². The number of hydrogen-bond acceptors (Lipinski definition) is 3. The number of nitrogens with one attached hydrogen (secondary N) is 1. The van der Waals surface area contributed by atoms with E-state index in [9.17, 15) is 0 Å². The monoisotopic (exact) mass is 310 g/mol. The average molecular weight is 310 g/mol. The Hall–Kier alpha value is -1.84. The molecule has 0 aliphatic rings. The van der Waals surface area contributed by atoms with E-state index in [-0.39, 0.29) is 0 Å². The maximum absolute atomic E-state index is 5.81. The first-order chi connectivity index (χ1) is 10.7. The number of nitrogens with two attached hydrogens (primary N) is 1. The van der Waals surface area contributed by atoms with Crippen LogP contribution in [0, 0.1) is 0 Å². The van der Waals surface area contributed by atoms with Crippen molar-refractivity contribution in [2.24, 2.45) is 0 Å². The van der Waals surface area contributed by atoms with E-state index in [0.29, 0.717) is 6.04 Å². The predicted molar refractivity (Wildman–Crippen MR) is 97.4 cm³/mol. The molecule has 0 fully saturated rings. The minimum atomic E-state index is 0.386. The van der Waals surface area contributed by atoms with Gasteiger partial charge in [0.2, 0.25) is 0 Å². The van der Waals surface area contributed by atoms with Crippen LogP contribution in [-0.4, -0.2) is 6.54 Å². The third-order valence-electron chi connectivity index (χ3n) is 4.02. The molecule has 0 amide bonds. The Morgan fingerprint density at radius 1 is 1.14 bits per heavy atom. The molecule has 3 N–H and O–H groups in total. The molecule has 0 aliphatic heterocycles. The van der Waals surface area contributed by atoms with Gasteiger partial charge < -0.3 is 11.1 Å². The van der Waals surface area contributed by atoms with Crippen LogP contribution < -0.4 is 11.1 Å². The van der Waals surface area contributed by atoms with Crippen LogP contribution in [0.5, 0.6) is 0 Å². The highest BCUT2D eigenvalue weighted by Crippen LogP contribution is 2.29. The summed E-state index contributed by atoms with van der Waals surface area (Å²) in [5.41, 5.74) is 9.39. The largest absolute Gasteiger partial charge is 0.399 e. The lowest BCUT2D eigenvalue weighted by atomic mass is 10.1. The second-order valence-electron chi connectivity index (χ2n) is 5.71. The van der Waals surface area contributed by atoms with Gasteiger partial charge in [0.25, 0.3) is 0 Å². The number of hydrogen-bond donors (Lipinski definition) is 2. The van der Waals surface area contributed by atoms with Crippen molar-refractivity contribution in [1.82, 2.24) is 5.32 Å². The molecule has 0 spiro atoms. The van der Waals surface area contributed by atoms with Gasteiger partial charge in [-0.2, -0.15) is 0 Å². The second-order valence-corrected chi connectivity index (χ2v) is 6.62. The zero-order valence-electron chi connectivity index (χ0n) is 12.9. The van der Waals surface area contributed by atoms with Crippen molar-refractivity contribution < 1.29 is 0 Å². The minimum Gasteiger partial charge on any atom is -0.399 e. The molecule has 1 aromatic heterocycles. The smallest absolute Gasteiger partial charge is 0.0346 e. The van der Waals surface area contributed by atoms with Gasteiger partial charge in [0.1, 0.15) is 0 Å². The predicted octanol–water partition coefficient (Wildman–Crippen LogP) is 4.77. The molecule has 3 aromatic rings. The van der Waals surface area contributed by atoms with E-state index in [1.165, 1.54) is 21.2 Å². The summed E-state index contributed by atoms with van der Waals surface area (Å²) < 4.78 is 1.37. The summed E-state index contributed by atoms with van der Waals surface area (Å²) in [7, 11) is 0. The molecule has 3 heteroatoms. The third-order valence-corrected chi connectivity index (χ3v) is 5.00. The third kappa shape index (κ3) is 3.49. The highest BCUT2D eigenvalue weighted by Gasteiger charge is 2.10. The molecule has 3 rings (SSSR count). The van der Waals surface area contributed by atoms with Gasteiger partial charge >= 0.3 is 0 Å². The van der Waals surface area contributed by atoms with Crippen molar-refractivity contribution in [2.75, 3.05) is 12.3 Å². The van der Waals surface area contributed by atoms with E-state index in [2.05, 4.69) is 54.0 Å². The van der Waals surface area contributed by atoms with Crippen LogP contribution in [0.15, 0.2) is 53.9 Å². The van der Waals surface area contributed by atoms with Crippen LogP contribution in [0.3, 0.4) is 0 Å². The molecule has 0 radical (unpaired) electrons. The summed E-state index contributed by atoms with van der Waals surface area (Å²) in [6.45, 7) is 3.26. The summed E-state index contributed by atoms with van der Waals surface area (Å²) in [6.07, 6.45) is 2.19. The number of fused-ring (bicyclic) bond motifs is 1. The standard InChI is InChI=1S/C19H22N2S/c1-14(18-13-22-19-10-3-2-9-17(18)19)21-11-5-7-15-6-4-8-16(20)12-15/h2-4,6,8-10,12-14,21H,5,7,11,20H2,1H3. The van der Waals surface area contributed by atoms with Gasteiger partial charge in [0.05, 0.1) is 0 Å². The number of benzene rings is 2. The molecule has 1 heterocycles. The van der Waals surface area contributed by atoms with Crippen molar-refractivity contribution in [2.45, 2.75) is 25.8 Å². The first kappa shape index (κ1) is 15.1. The van der Waals surface area contributed by atoms with E-state index in [0.717, 1.165) is 25.1 Å². The SMILES string of the molecule is CC(NCCCc1cccc(N)c1)c1csc2ccccc12. The molecule has 2 nitrogen and oxygen atoms in total. The van der Waals surface area contributed by atoms with Gasteiger partial charge in [-0.15, -0.1) is 11.3 Å². The summed E-state index contributed by atoms with van der Waals surface area (Å²) in [5, 5.41) is 7.29. The van der Waals surface area contributed by atoms with Crippen LogP contribution in [-0.2, 0) is 6.42 Å². The summed E-state index contributed by atoms with van der Waals surface area (Å²) in [4.78, 5) is 0. The van der Waals surface area contributed by atoms with Crippen molar-refractivity contribution in [3.63, 3.8) is 0 Å². The molecular weight excluding hydrogens is 288 g/mol. The topological polar surface area (TPSA) is 38.0 Å². The van der Waals surface area contributed by atoms with E-state index in [1.54, 1.807) is 0 Å². The van der Waals surface area contributed by atoms with Crippen LogP contribution in [0.2, 0.25) is 0 Å². The van der Waals surface area contributed by atoms with Crippen molar-refractivity contribution >= 4 is 27.1 Å². The lowest BCUT2D eigenvalue weighted by Gasteiger charge is -2.13. The van der Waals surface area contributed by atoms with Gasteiger partial charge in [-0.25, -0.2) is 0 Å². The number of thiophene rings is 1. The number of nitrogen functional groups attached to an aromatic ring is 1. The molecule has 1 unspecified atom stereocenters. The van der Waals surface area contributed by atoms with Gasteiger partial charge in [0, 0.05) is 16.4 Å². The van der Waals surface area contributed by atoms with Crippen LogP contribution in [0.1, 0.15) is 30.5 Å². The van der Waals surface area contributed by atoms with E-state index in [4.69, 9.17) is 5.73 Å². The fourth-order valence-corrected chi connectivity index (χ4v) is 3.86. The van der Waals surface area contributed by atoms with Gasteiger partial charge in [-0.3, -0.25) is 0 Å². The molecule has 0 saturated carbocycles. The number of anilines is 1. The van der Waals surface area contributed by atoms with Crippen molar-refractivity contribution in [1.29, 1.82) is 0 Å². The number of rotatable bonds is 6. The van der Waals surface area contributed by atoms with Gasteiger partial charge in [-0.05, 0) is 66.4 Å². The first-order valence-corrected chi connectivity index (χ1v) is 8.66. The quantitative estimate of drug-likeness (QED) is 0.508. The molecule has 0 aliphatic carbocycles. The Bertz CT molecular complexity index is 748. The molecule has 114 valence electrons. The van der Waals surface area contributed by atoms with E-state index >= 15 is 0 Å². The Morgan fingerprint density at radius 3 is 2.86 bits per heavy atom. The first-order valence-electron chi connectivity index (χ1n) is 7.78. The fraction of sp³-hybridized carbons (Fsp3) is 0.263. The molecule has 22 heavy (non-hydrogen) atoms. The lowest BCUT2D eigenvalue weighted by Crippen LogP contribution is -2.20. The molecule has 1 atom stereocenters. The maximum atomic E-state index is 5.81. The summed E-state index contributed by atoms with van der Waals surface area (Å²) in [6, 6.07) is 17.2. The van der Waals surface area contributed by atoms with Crippen LogP contribution >= 0.6 is 11.3 Å². The normalized spacial score (nSPS) is 12.6. The van der Waals surface area contributed by atoms with Crippen LogP contribution in [0.25, 0.3) is 10.1 Å². The second kappa shape index (κ2) is 6.95. The Balaban J connectivity index is 1.53. The molecule has 0 saturated heterocycles.